The zero-order valence-electron chi connectivity index (χ0n) is 22.4. The fourth-order valence-electron chi connectivity index (χ4n) is 6.41. The highest BCUT2D eigenvalue weighted by Gasteiger charge is 2.75. The van der Waals surface area contributed by atoms with Crippen LogP contribution < -0.4 is 9.64 Å². The van der Waals surface area contributed by atoms with Crippen molar-refractivity contribution in [2.24, 2.45) is 17.8 Å². The zero-order chi connectivity index (χ0) is 27.6. The first kappa shape index (κ1) is 28.2. The molecule has 2 unspecified atom stereocenters. The zero-order valence-corrected chi connectivity index (χ0v) is 23.2. The smallest absolute Gasteiger partial charge is 0.311 e. The summed E-state index contributed by atoms with van der Waals surface area (Å²) >= 11 is 1.58. The third kappa shape index (κ3) is 4.53. The van der Waals surface area contributed by atoms with Gasteiger partial charge in [0, 0.05) is 17.5 Å². The minimum atomic E-state index is -0.833. The van der Waals surface area contributed by atoms with Crippen molar-refractivity contribution in [3.05, 3.63) is 49.6 Å². The van der Waals surface area contributed by atoms with Crippen molar-refractivity contribution >= 4 is 35.2 Å². The average Bonchev–Trinajstić information content (AvgIpc) is 3.58. The SMILES string of the molecule is C=CCOC(=O)[C@@H]1[C@@H]2CCC3(S2)C(C(=O)N(CC=C)c2ccc(OC)cc2)N([C@@H](CO)[C@@H](C)CC)C(=O)[C@H]13. The summed E-state index contributed by atoms with van der Waals surface area (Å²) in [4.78, 5) is 45.3. The molecule has 3 aliphatic heterocycles. The second-order valence-electron chi connectivity index (χ2n) is 10.3. The molecule has 7 atom stereocenters. The molecule has 3 aliphatic rings. The second-order valence-corrected chi connectivity index (χ2v) is 11.9. The molecule has 0 aromatic heterocycles. The normalized spacial score (nSPS) is 28.9. The van der Waals surface area contributed by atoms with E-state index in [4.69, 9.17) is 9.47 Å². The van der Waals surface area contributed by atoms with Gasteiger partial charge >= 0.3 is 5.97 Å². The lowest BCUT2D eigenvalue weighted by Crippen LogP contribution is -2.58. The van der Waals surface area contributed by atoms with Crippen molar-refractivity contribution in [3.63, 3.8) is 0 Å². The van der Waals surface area contributed by atoms with Gasteiger partial charge < -0.3 is 24.4 Å². The molecule has 1 spiro atoms. The summed E-state index contributed by atoms with van der Waals surface area (Å²) in [5, 5.41) is 10.4. The van der Waals surface area contributed by atoms with Crippen molar-refractivity contribution in [2.75, 3.05) is 31.8 Å². The number of ether oxygens (including phenoxy) is 2. The fraction of sp³-hybridized carbons (Fsp3) is 0.552. The molecule has 1 N–H and O–H groups in total. The largest absolute Gasteiger partial charge is 0.497 e. The number of benzene rings is 1. The van der Waals surface area contributed by atoms with Gasteiger partial charge in [0.1, 0.15) is 18.4 Å². The van der Waals surface area contributed by atoms with E-state index in [9.17, 15) is 19.5 Å². The van der Waals surface area contributed by atoms with Gasteiger partial charge in [0.2, 0.25) is 5.91 Å². The molecule has 206 valence electrons. The molecule has 0 saturated carbocycles. The Morgan fingerprint density at radius 3 is 2.58 bits per heavy atom. The number of hydrogen-bond acceptors (Lipinski definition) is 7. The Hall–Kier alpha value is -2.78. The summed E-state index contributed by atoms with van der Waals surface area (Å²) in [5.41, 5.74) is 0.659. The second kappa shape index (κ2) is 11.5. The van der Waals surface area contributed by atoms with Crippen LogP contribution >= 0.6 is 11.8 Å². The molecular formula is C29H38N2O6S. The monoisotopic (exact) mass is 542 g/mol. The summed E-state index contributed by atoms with van der Waals surface area (Å²) in [5.74, 6) is -1.59. The number of rotatable bonds is 12. The van der Waals surface area contributed by atoms with Crippen LogP contribution in [0.4, 0.5) is 5.69 Å². The summed E-state index contributed by atoms with van der Waals surface area (Å²) in [6.07, 6.45) is 5.25. The van der Waals surface area contributed by atoms with E-state index in [1.54, 1.807) is 46.9 Å². The lowest BCUT2D eigenvalue weighted by molar-refractivity contribution is -0.153. The number of likely N-dealkylation sites (tertiary alicyclic amines) is 1. The molecule has 1 aromatic rings. The standard InChI is InChI=1S/C29H38N2O6S/c1-6-15-30(19-9-11-20(36-5)12-10-19)27(34)25-29-14-13-22(38-29)23(28(35)37-16-7-2)24(29)26(33)31(25)21(17-32)18(4)8-3/h6-7,9-12,18,21-25,32H,1-2,8,13-17H2,3-5H3/t18-,21-,22-,23+,24-,25?,29?/m0/s1. The lowest BCUT2D eigenvalue weighted by atomic mass is 9.71. The maximum absolute atomic E-state index is 14.6. The third-order valence-corrected chi connectivity index (χ3v) is 10.3. The summed E-state index contributed by atoms with van der Waals surface area (Å²) in [6.45, 7) is 11.5. The molecule has 1 aromatic carbocycles. The number of methoxy groups -OCH3 is 1. The van der Waals surface area contributed by atoms with Crippen molar-refractivity contribution in [2.45, 2.75) is 55.2 Å². The van der Waals surface area contributed by atoms with E-state index in [-0.39, 0.29) is 42.7 Å². The number of aliphatic hydroxyl groups excluding tert-OH is 1. The highest BCUT2D eigenvalue weighted by atomic mass is 32.2. The van der Waals surface area contributed by atoms with Crippen LogP contribution in [0.25, 0.3) is 0 Å². The average molecular weight is 543 g/mol. The van der Waals surface area contributed by atoms with Crippen molar-refractivity contribution in [1.29, 1.82) is 0 Å². The number of anilines is 1. The first-order chi connectivity index (χ1) is 18.3. The minimum absolute atomic E-state index is 0.0447. The van der Waals surface area contributed by atoms with E-state index in [1.807, 2.05) is 26.0 Å². The molecule has 4 rings (SSSR count). The van der Waals surface area contributed by atoms with Gasteiger partial charge in [0.05, 0.1) is 36.3 Å². The lowest BCUT2D eigenvalue weighted by Gasteiger charge is -2.41. The summed E-state index contributed by atoms with van der Waals surface area (Å²) in [6, 6.07) is 5.81. The number of nitrogens with zero attached hydrogens (tertiary/aromatic N) is 2. The molecule has 0 aliphatic carbocycles. The minimum Gasteiger partial charge on any atom is -0.497 e. The Labute approximate surface area is 229 Å². The molecule has 3 fully saturated rings. The number of aliphatic hydroxyl groups is 1. The Bertz CT molecular complexity index is 1080. The fourth-order valence-corrected chi connectivity index (χ4v) is 8.60. The van der Waals surface area contributed by atoms with Gasteiger partial charge in [-0.2, -0.15) is 0 Å². The number of fused-ring (bicyclic) bond motifs is 1. The number of carbonyl (C=O) groups excluding carboxylic acids is 3. The highest BCUT2D eigenvalue weighted by Crippen LogP contribution is 2.67. The number of hydrogen-bond donors (Lipinski definition) is 1. The number of carbonyl (C=O) groups is 3. The van der Waals surface area contributed by atoms with Crippen LogP contribution in [0.15, 0.2) is 49.6 Å². The third-order valence-electron chi connectivity index (χ3n) is 8.39. The van der Waals surface area contributed by atoms with Crippen LogP contribution in [0.5, 0.6) is 5.75 Å². The molecule has 8 nitrogen and oxygen atoms in total. The van der Waals surface area contributed by atoms with Gasteiger partial charge in [0.15, 0.2) is 0 Å². The summed E-state index contributed by atoms with van der Waals surface area (Å²) < 4.78 is 9.94. The Morgan fingerprint density at radius 1 is 1.29 bits per heavy atom. The van der Waals surface area contributed by atoms with E-state index in [0.29, 0.717) is 17.9 Å². The molecule has 3 heterocycles. The van der Waals surface area contributed by atoms with E-state index >= 15 is 0 Å². The first-order valence-corrected chi connectivity index (χ1v) is 14.1. The van der Waals surface area contributed by atoms with E-state index in [1.165, 1.54) is 6.08 Å². The highest BCUT2D eigenvalue weighted by molar-refractivity contribution is 8.02. The molecule has 9 heteroatoms. The van der Waals surface area contributed by atoms with Crippen molar-refractivity contribution in [3.8, 4) is 5.75 Å². The van der Waals surface area contributed by atoms with Crippen molar-refractivity contribution < 1.29 is 29.0 Å². The number of amides is 2. The number of esters is 1. The molecule has 38 heavy (non-hydrogen) atoms. The first-order valence-electron chi connectivity index (χ1n) is 13.2. The molecule has 0 radical (unpaired) electrons. The maximum Gasteiger partial charge on any atom is 0.311 e. The van der Waals surface area contributed by atoms with Crippen LogP contribution in [-0.2, 0) is 19.1 Å². The topological polar surface area (TPSA) is 96.4 Å². The van der Waals surface area contributed by atoms with Crippen LogP contribution in [0.2, 0.25) is 0 Å². The maximum atomic E-state index is 14.6. The van der Waals surface area contributed by atoms with E-state index in [0.717, 1.165) is 12.8 Å². The molecular weight excluding hydrogens is 504 g/mol. The summed E-state index contributed by atoms with van der Waals surface area (Å²) in [7, 11) is 1.58. The van der Waals surface area contributed by atoms with Gasteiger partial charge in [-0.25, -0.2) is 0 Å². The Kier molecular flexibility index (Phi) is 8.57. The van der Waals surface area contributed by atoms with E-state index in [2.05, 4.69) is 13.2 Å². The predicted molar refractivity (Wildman–Crippen MR) is 148 cm³/mol. The number of thioether (sulfide) groups is 1. The Balaban J connectivity index is 1.81. The van der Waals surface area contributed by atoms with Gasteiger partial charge in [-0.15, -0.1) is 18.3 Å². The Morgan fingerprint density at radius 2 is 2.00 bits per heavy atom. The van der Waals surface area contributed by atoms with Crippen LogP contribution in [0, 0.1) is 17.8 Å². The molecule has 2 amide bonds. The van der Waals surface area contributed by atoms with Crippen LogP contribution in [0.3, 0.4) is 0 Å². The predicted octanol–water partition coefficient (Wildman–Crippen LogP) is 3.44. The molecule has 2 bridgehead atoms. The van der Waals surface area contributed by atoms with Gasteiger partial charge in [-0.1, -0.05) is 39.0 Å². The van der Waals surface area contributed by atoms with E-state index < -0.39 is 34.6 Å². The van der Waals surface area contributed by atoms with Gasteiger partial charge in [-0.05, 0) is 43.0 Å². The van der Waals surface area contributed by atoms with Crippen LogP contribution in [0.1, 0.15) is 33.1 Å². The van der Waals surface area contributed by atoms with Gasteiger partial charge in [-0.3, -0.25) is 14.4 Å². The van der Waals surface area contributed by atoms with Gasteiger partial charge in [0.25, 0.3) is 5.91 Å². The van der Waals surface area contributed by atoms with Crippen molar-refractivity contribution in [1.82, 2.24) is 4.90 Å². The van der Waals surface area contributed by atoms with Crippen LogP contribution in [-0.4, -0.2) is 76.7 Å². The molecule has 3 saturated heterocycles. The quantitative estimate of drug-likeness (QED) is 0.319.